The summed E-state index contributed by atoms with van der Waals surface area (Å²) < 4.78 is 14.8. The van der Waals surface area contributed by atoms with Crippen molar-refractivity contribution in [3.05, 3.63) is 51.4 Å². The Morgan fingerprint density at radius 3 is 3.05 bits per heavy atom. The molecule has 0 amide bonds. The summed E-state index contributed by atoms with van der Waals surface area (Å²) in [6.45, 7) is 2.33. The van der Waals surface area contributed by atoms with Crippen LogP contribution in [0.25, 0.3) is 5.52 Å². The molecule has 0 aliphatic rings. The molecule has 0 aliphatic carbocycles. The number of aryl methyl sites for hydroxylation is 1. The van der Waals surface area contributed by atoms with Crippen LogP contribution in [-0.4, -0.2) is 15.8 Å². The molecule has 1 atom stereocenters. The van der Waals surface area contributed by atoms with Crippen LogP contribution < -0.4 is 5.32 Å². The molecule has 0 aromatic carbocycles. The van der Waals surface area contributed by atoms with Crippen molar-refractivity contribution in [2.45, 2.75) is 32.5 Å². The number of hydrogen-bond donors (Lipinski definition) is 1. The summed E-state index contributed by atoms with van der Waals surface area (Å²) >= 11 is 7.80. The van der Waals surface area contributed by atoms with Gasteiger partial charge in [0.1, 0.15) is 0 Å². The van der Waals surface area contributed by atoms with E-state index in [1.807, 2.05) is 24.4 Å². The zero-order valence-corrected chi connectivity index (χ0v) is 13.8. The van der Waals surface area contributed by atoms with Crippen LogP contribution in [0.3, 0.4) is 0 Å². The monoisotopic (exact) mass is 337 g/mol. The van der Waals surface area contributed by atoms with Gasteiger partial charge in [0.2, 0.25) is 0 Å². The maximum absolute atomic E-state index is 13.0. The maximum atomic E-state index is 13.0. The van der Waals surface area contributed by atoms with Crippen molar-refractivity contribution in [2.75, 3.05) is 5.32 Å². The van der Waals surface area contributed by atoms with E-state index in [-0.39, 0.29) is 0 Å². The summed E-state index contributed by atoms with van der Waals surface area (Å²) in [4.78, 5) is 1.25. The van der Waals surface area contributed by atoms with Crippen LogP contribution in [0, 0.1) is 0 Å². The predicted molar refractivity (Wildman–Crippen MR) is 90.7 cm³/mol. The number of thiophene rings is 1. The highest BCUT2D eigenvalue weighted by Gasteiger charge is 2.09. The summed E-state index contributed by atoms with van der Waals surface area (Å²) in [6.07, 6.45) is 2.34. The van der Waals surface area contributed by atoms with Gasteiger partial charge in [-0.3, -0.25) is 0 Å². The third kappa shape index (κ3) is 3.59. The molecule has 22 heavy (non-hydrogen) atoms. The van der Waals surface area contributed by atoms with Crippen LogP contribution in [0.1, 0.15) is 23.8 Å². The van der Waals surface area contributed by atoms with E-state index in [1.54, 1.807) is 22.8 Å². The number of fused-ring (bicyclic) bond motifs is 1. The van der Waals surface area contributed by atoms with Crippen molar-refractivity contribution in [2.24, 2.45) is 0 Å². The van der Waals surface area contributed by atoms with Crippen molar-refractivity contribution in [1.82, 2.24) is 9.61 Å². The van der Waals surface area contributed by atoms with Crippen LogP contribution >= 0.6 is 22.9 Å². The first-order valence-electron chi connectivity index (χ1n) is 7.20. The van der Waals surface area contributed by atoms with Crippen LogP contribution in [0.5, 0.6) is 0 Å². The molecule has 3 aromatic heterocycles. The second kappa shape index (κ2) is 6.67. The summed E-state index contributed by atoms with van der Waals surface area (Å²) in [5, 5.41) is 10.2. The Labute approximate surface area is 137 Å². The molecule has 0 radical (unpaired) electrons. The summed E-state index contributed by atoms with van der Waals surface area (Å²) in [7, 11) is 0. The van der Waals surface area contributed by atoms with Crippen molar-refractivity contribution < 1.29 is 4.39 Å². The third-order valence-corrected chi connectivity index (χ3v) is 4.52. The largest absolute Gasteiger partial charge is 0.378 e. The molecule has 0 spiro atoms. The number of aromatic nitrogens is 2. The highest BCUT2D eigenvalue weighted by atomic mass is 35.5. The molecular formula is C16H17ClFN3S. The number of hydrogen-bond acceptors (Lipinski definition) is 3. The smallest absolute Gasteiger partial charge is 0.152 e. The summed E-state index contributed by atoms with van der Waals surface area (Å²) in [5.41, 5.74) is 2.97. The molecular weight excluding hydrogens is 321 g/mol. The Bertz CT molecular complexity index is 752. The van der Waals surface area contributed by atoms with Gasteiger partial charge < -0.3 is 5.32 Å². The van der Waals surface area contributed by atoms with Crippen molar-refractivity contribution >= 4 is 34.1 Å². The lowest BCUT2D eigenvalue weighted by Crippen LogP contribution is -2.01. The van der Waals surface area contributed by atoms with Gasteiger partial charge in [-0.1, -0.05) is 17.7 Å². The number of rotatable bonds is 6. The van der Waals surface area contributed by atoms with Gasteiger partial charge in [-0.25, -0.2) is 8.91 Å². The van der Waals surface area contributed by atoms with Crippen LogP contribution in [0.4, 0.5) is 10.1 Å². The first-order chi connectivity index (χ1) is 10.6. The second-order valence-electron chi connectivity index (χ2n) is 5.31. The first-order valence-corrected chi connectivity index (χ1v) is 8.46. The van der Waals surface area contributed by atoms with E-state index in [1.165, 1.54) is 4.88 Å². The molecule has 116 valence electrons. The van der Waals surface area contributed by atoms with E-state index >= 15 is 0 Å². The minimum Gasteiger partial charge on any atom is -0.378 e. The summed E-state index contributed by atoms with van der Waals surface area (Å²) in [6, 6.07) is 7.99. The van der Waals surface area contributed by atoms with Gasteiger partial charge in [-0.05, 0) is 42.8 Å². The van der Waals surface area contributed by atoms with E-state index in [0.717, 1.165) is 23.3 Å². The molecule has 3 rings (SSSR count). The highest BCUT2D eigenvalue weighted by molar-refractivity contribution is 7.09. The average molecular weight is 338 g/mol. The van der Waals surface area contributed by atoms with Gasteiger partial charge >= 0.3 is 0 Å². The van der Waals surface area contributed by atoms with Gasteiger partial charge in [-0.15, -0.1) is 11.3 Å². The van der Waals surface area contributed by atoms with E-state index in [2.05, 4.69) is 21.9 Å². The standard InChI is InChI=1S/C16H17ClFN3S/c1-11(18)4-5-12-7-15-14(8-16(17)20-21(15)10-12)19-9-13-3-2-6-22-13/h2-3,6-8,10-11,19H,4-5,9H2,1H3. The molecule has 0 saturated carbocycles. The fourth-order valence-corrected chi connectivity index (χ4v) is 3.19. The topological polar surface area (TPSA) is 29.3 Å². The number of anilines is 1. The summed E-state index contributed by atoms with van der Waals surface area (Å²) in [5.74, 6) is 0. The number of nitrogens with zero attached hydrogens (tertiary/aromatic N) is 2. The Hall–Kier alpha value is -1.59. The maximum Gasteiger partial charge on any atom is 0.152 e. The van der Waals surface area contributed by atoms with Gasteiger partial charge in [-0.2, -0.15) is 5.10 Å². The number of alkyl halides is 1. The molecule has 3 aromatic rings. The van der Waals surface area contributed by atoms with Gasteiger partial charge in [0.05, 0.1) is 17.4 Å². The van der Waals surface area contributed by atoms with E-state index in [9.17, 15) is 4.39 Å². The van der Waals surface area contributed by atoms with Gasteiger partial charge in [0.15, 0.2) is 5.15 Å². The molecule has 0 fully saturated rings. The Morgan fingerprint density at radius 2 is 2.32 bits per heavy atom. The van der Waals surface area contributed by atoms with Gasteiger partial charge in [0.25, 0.3) is 0 Å². The highest BCUT2D eigenvalue weighted by Crippen LogP contribution is 2.24. The molecule has 3 heterocycles. The predicted octanol–water partition coefficient (Wildman–Crippen LogP) is 4.95. The van der Waals surface area contributed by atoms with E-state index < -0.39 is 6.17 Å². The lowest BCUT2D eigenvalue weighted by Gasteiger charge is -2.07. The number of nitrogens with one attached hydrogen (secondary N) is 1. The second-order valence-corrected chi connectivity index (χ2v) is 6.73. The van der Waals surface area contributed by atoms with Crippen molar-refractivity contribution in [3.8, 4) is 0 Å². The molecule has 3 nitrogen and oxygen atoms in total. The SMILES string of the molecule is CC(F)CCc1cc2c(NCc3cccs3)cc(Cl)nn2c1. The lowest BCUT2D eigenvalue weighted by molar-refractivity contribution is 0.341. The quantitative estimate of drug-likeness (QED) is 0.689. The van der Waals surface area contributed by atoms with E-state index in [0.29, 0.717) is 18.0 Å². The fourth-order valence-electron chi connectivity index (χ4n) is 2.35. The first kappa shape index (κ1) is 15.3. The fraction of sp³-hybridized carbons (Fsp3) is 0.312. The Kier molecular flexibility index (Phi) is 4.64. The van der Waals surface area contributed by atoms with Crippen molar-refractivity contribution in [1.29, 1.82) is 0 Å². The minimum absolute atomic E-state index is 0.433. The molecule has 0 aliphatic heterocycles. The van der Waals surface area contributed by atoms with Crippen molar-refractivity contribution in [3.63, 3.8) is 0 Å². The van der Waals surface area contributed by atoms with Crippen LogP contribution in [0.15, 0.2) is 35.8 Å². The zero-order chi connectivity index (χ0) is 15.5. The molecule has 1 N–H and O–H groups in total. The average Bonchev–Trinajstić information content (AvgIpc) is 3.11. The molecule has 0 bridgehead atoms. The minimum atomic E-state index is -0.795. The third-order valence-electron chi connectivity index (χ3n) is 3.46. The zero-order valence-electron chi connectivity index (χ0n) is 12.2. The molecule has 0 saturated heterocycles. The van der Waals surface area contributed by atoms with Crippen LogP contribution in [-0.2, 0) is 13.0 Å². The molecule has 6 heteroatoms. The molecule has 1 unspecified atom stereocenters. The normalized spacial score (nSPS) is 12.7. The van der Waals surface area contributed by atoms with Gasteiger partial charge in [0, 0.05) is 23.7 Å². The number of halogens is 2. The van der Waals surface area contributed by atoms with Crippen LogP contribution in [0.2, 0.25) is 5.15 Å². The Morgan fingerprint density at radius 1 is 1.45 bits per heavy atom. The van der Waals surface area contributed by atoms with E-state index in [4.69, 9.17) is 11.6 Å². The Balaban J connectivity index is 1.84. The lowest BCUT2D eigenvalue weighted by atomic mass is 10.1.